The molecular formula is C17H19BrFNO. The number of likely N-dealkylation sites (N-methyl/N-ethyl adjacent to an activating group) is 1. The maximum atomic E-state index is 13.4. The molecule has 0 amide bonds. The van der Waals surface area contributed by atoms with Gasteiger partial charge in [-0.05, 0) is 61.3 Å². The molecule has 0 bridgehead atoms. The second-order valence-corrected chi connectivity index (χ2v) is 5.86. The molecule has 112 valence electrons. The Bertz CT molecular complexity index is 630. The first-order valence-corrected chi connectivity index (χ1v) is 7.60. The molecular weight excluding hydrogens is 333 g/mol. The average molecular weight is 352 g/mol. The highest BCUT2D eigenvalue weighted by molar-refractivity contribution is 9.10. The Kier molecular flexibility index (Phi) is 5.37. The maximum absolute atomic E-state index is 13.4. The summed E-state index contributed by atoms with van der Waals surface area (Å²) in [7, 11) is 3.58. The fraction of sp³-hybridized carbons (Fsp3) is 0.294. The molecule has 2 aromatic carbocycles. The minimum absolute atomic E-state index is 0.0950. The van der Waals surface area contributed by atoms with Gasteiger partial charge in [0.05, 0.1) is 7.11 Å². The summed E-state index contributed by atoms with van der Waals surface area (Å²) in [5.74, 6) is 0.649. The van der Waals surface area contributed by atoms with Gasteiger partial charge >= 0.3 is 0 Å². The van der Waals surface area contributed by atoms with Crippen LogP contribution in [0.25, 0.3) is 0 Å². The van der Waals surface area contributed by atoms with Gasteiger partial charge in [-0.2, -0.15) is 0 Å². The molecule has 1 atom stereocenters. The molecule has 0 fully saturated rings. The average Bonchev–Trinajstić information content (AvgIpc) is 2.49. The van der Waals surface area contributed by atoms with Crippen LogP contribution in [0.2, 0.25) is 0 Å². The van der Waals surface area contributed by atoms with Crippen LogP contribution in [0.4, 0.5) is 4.39 Å². The Morgan fingerprint density at radius 3 is 2.67 bits per heavy atom. The van der Waals surface area contributed by atoms with E-state index in [-0.39, 0.29) is 11.9 Å². The largest absolute Gasteiger partial charge is 0.496 e. The number of nitrogens with one attached hydrogen (secondary N) is 1. The first-order valence-electron chi connectivity index (χ1n) is 6.81. The van der Waals surface area contributed by atoms with E-state index in [0.29, 0.717) is 6.42 Å². The first-order chi connectivity index (χ1) is 10.0. The van der Waals surface area contributed by atoms with Crippen LogP contribution in [0.1, 0.15) is 22.7 Å². The smallest absolute Gasteiger partial charge is 0.123 e. The molecule has 0 saturated heterocycles. The van der Waals surface area contributed by atoms with Gasteiger partial charge in [0.25, 0.3) is 0 Å². The van der Waals surface area contributed by atoms with E-state index in [1.807, 2.05) is 26.1 Å². The number of hydrogen-bond acceptors (Lipinski definition) is 2. The van der Waals surface area contributed by atoms with Gasteiger partial charge in [-0.25, -0.2) is 4.39 Å². The normalized spacial score (nSPS) is 12.2. The minimum atomic E-state index is -0.218. The summed E-state index contributed by atoms with van der Waals surface area (Å²) in [6.07, 6.45) is 0.695. The molecule has 2 nitrogen and oxygen atoms in total. The van der Waals surface area contributed by atoms with Crippen molar-refractivity contribution in [3.8, 4) is 5.75 Å². The van der Waals surface area contributed by atoms with Gasteiger partial charge < -0.3 is 10.1 Å². The number of hydrogen-bond donors (Lipinski definition) is 1. The topological polar surface area (TPSA) is 21.3 Å². The third-order valence-corrected chi connectivity index (χ3v) is 4.39. The summed E-state index contributed by atoms with van der Waals surface area (Å²) in [4.78, 5) is 0. The van der Waals surface area contributed by atoms with Crippen molar-refractivity contribution in [2.75, 3.05) is 14.2 Å². The van der Waals surface area contributed by atoms with Gasteiger partial charge in [-0.1, -0.05) is 28.1 Å². The van der Waals surface area contributed by atoms with Crippen molar-refractivity contribution < 1.29 is 9.13 Å². The lowest BCUT2D eigenvalue weighted by atomic mass is 9.97. The van der Waals surface area contributed by atoms with Gasteiger partial charge in [0.15, 0.2) is 0 Å². The van der Waals surface area contributed by atoms with Crippen LogP contribution in [0, 0.1) is 12.7 Å². The Hall–Kier alpha value is -1.39. The Balaban J connectivity index is 2.29. The molecule has 0 aliphatic heterocycles. The summed E-state index contributed by atoms with van der Waals surface area (Å²) in [6, 6.07) is 11.0. The van der Waals surface area contributed by atoms with Gasteiger partial charge in [0, 0.05) is 10.5 Å². The molecule has 4 heteroatoms. The molecule has 0 heterocycles. The van der Waals surface area contributed by atoms with E-state index in [1.165, 1.54) is 6.07 Å². The minimum Gasteiger partial charge on any atom is -0.496 e. The van der Waals surface area contributed by atoms with E-state index in [0.717, 1.165) is 26.9 Å². The number of ether oxygens (including phenoxy) is 1. The lowest BCUT2D eigenvalue weighted by Crippen LogP contribution is -2.19. The zero-order chi connectivity index (χ0) is 15.4. The Labute approximate surface area is 133 Å². The number of halogens is 2. The molecule has 1 unspecified atom stereocenters. The van der Waals surface area contributed by atoms with Gasteiger partial charge in [-0.15, -0.1) is 0 Å². The molecule has 2 rings (SSSR count). The molecule has 21 heavy (non-hydrogen) atoms. The molecule has 0 aromatic heterocycles. The summed E-state index contributed by atoms with van der Waals surface area (Å²) in [6.45, 7) is 2.01. The third-order valence-electron chi connectivity index (χ3n) is 3.61. The van der Waals surface area contributed by atoms with E-state index < -0.39 is 0 Å². The molecule has 0 aliphatic rings. The van der Waals surface area contributed by atoms with Crippen LogP contribution in [-0.2, 0) is 6.42 Å². The highest BCUT2D eigenvalue weighted by Gasteiger charge is 2.14. The molecule has 2 aromatic rings. The van der Waals surface area contributed by atoms with Crippen molar-refractivity contribution in [2.24, 2.45) is 0 Å². The van der Waals surface area contributed by atoms with Crippen molar-refractivity contribution in [1.29, 1.82) is 0 Å². The maximum Gasteiger partial charge on any atom is 0.123 e. The SMILES string of the molecule is CNC(Cc1cc(F)ccc1Br)c1ccc(C)c(OC)c1. The van der Waals surface area contributed by atoms with Crippen LogP contribution < -0.4 is 10.1 Å². The number of aryl methyl sites for hydroxylation is 1. The fourth-order valence-corrected chi connectivity index (χ4v) is 2.77. The predicted octanol–water partition coefficient (Wildman–Crippen LogP) is 4.41. The van der Waals surface area contributed by atoms with E-state index in [1.54, 1.807) is 19.2 Å². The summed E-state index contributed by atoms with van der Waals surface area (Å²) >= 11 is 3.48. The highest BCUT2D eigenvalue weighted by Crippen LogP contribution is 2.28. The lowest BCUT2D eigenvalue weighted by molar-refractivity contribution is 0.410. The summed E-state index contributed by atoms with van der Waals surface area (Å²) in [5.41, 5.74) is 3.16. The predicted molar refractivity (Wildman–Crippen MR) is 87.3 cm³/mol. The van der Waals surface area contributed by atoms with Gasteiger partial charge in [0.1, 0.15) is 11.6 Å². The van der Waals surface area contributed by atoms with Gasteiger partial charge in [0.2, 0.25) is 0 Å². The van der Waals surface area contributed by atoms with Crippen LogP contribution in [-0.4, -0.2) is 14.2 Å². The molecule has 0 aliphatic carbocycles. The summed E-state index contributed by atoms with van der Waals surface area (Å²) < 4.78 is 19.7. The second kappa shape index (κ2) is 7.05. The van der Waals surface area contributed by atoms with Crippen LogP contribution in [0.3, 0.4) is 0 Å². The zero-order valence-corrected chi connectivity index (χ0v) is 14.0. The molecule has 1 N–H and O–H groups in total. The number of methoxy groups -OCH3 is 1. The van der Waals surface area contributed by atoms with Crippen molar-refractivity contribution in [2.45, 2.75) is 19.4 Å². The van der Waals surface area contributed by atoms with E-state index >= 15 is 0 Å². The van der Waals surface area contributed by atoms with Crippen molar-refractivity contribution in [3.63, 3.8) is 0 Å². The van der Waals surface area contributed by atoms with E-state index in [2.05, 4.69) is 27.3 Å². The van der Waals surface area contributed by atoms with Crippen molar-refractivity contribution in [1.82, 2.24) is 5.32 Å². The second-order valence-electron chi connectivity index (χ2n) is 5.01. The Morgan fingerprint density at radius 2 is 2.00 bits per heavy atom. The lowest BCUT2D eigenvalue weighted by Gasteiger charge is -2.19. The van der Waals surface area contributed by atoms with Crippen LogP contribution in [0.5, 0.6) is 5.75 Å². The standard InChI is InChI=1S/C17H19BrFNO/c1-11-4-5-12(10-17(11)21-3)16(20-2)9-13-8-14(19)6-7-15(13)18/h4-8,10,16,20H,9H2,1-3H3. The first kappa shape index (κ1) is 16.0. The third kappa shape index (κ3) is 3.83. The highest BCUT2D eigenvalue weighted by atomic mass is 79.9. The van der Waals surface area contributed by atoms with E-state index in [9.17, 15) is 4.39 Å². The fourth-order valence-electron chi connectivity index (χ4n) is 2.36. The van der Waals surface area contributed by atoms with Crippen molar-refractivity contribution in [3.05, 3.63) is 63.4 Å². The van der Waals surface area contributed by atoms with E-state index in [4.69, 9.17) is 4.74 Å². The monoisotopic (exact) mass is 351 g/mol. The summed E-state index contributed by atoms with van der Waals surface area (Å²) in [5, 5.41) is 3.29. The molecule has 0 spiro atoms. The molecule has 0 radical (unpaired) electrons. The zero-order valence-electron chi connectivity index (χ0n) is 12.4. The molecule has 0 saturated carbocycles. The van der Waals surface area contributed by atoms with Gasteiger partial charge in [-0.3, -0.25) is 0 Å². The van der Waals surface area contributed by atoms with Crippen molar-refractivity contribution >= 4 is 15.9 Å². The van der Waals surface area contributed by atoms with Crippen LogP contribution >= 0.6 is 15.9 Å². The Morgan fingerprint density at radius 1 is 1.24 bits per heavy atom. The quantitative estimate of drug-likeness (QED) is 0.861. The number of rotatable bonds is 5. The van der Waals surface area contributed by atoms with Crippen LogP contribution in [0.15, 0.2) is 40.9 Å². The number of benzene rings is 2.